The zero-order valence-electron chi connectivity index (χ0n) is 11.1. The van der Waals surface area contributed by atoms with Crippen molar-refractivity contribution in [1.82, 2.24) is 9.55 Å². The third-order valence-corrected chi connectivity index (χ3v) is 6.02. The van der Waals surface area contributed by atoms with Gasteiger partial charge in [-0.15, -0.1) is 0 Å². The van der Waals surface area contributed by atoms with E-state index in [0.717, 1.165) is 50.2 Å². The van der Waals surface area contributed by atoms with E-state index in [1.165, 1.54) is 0 Å². The lowest BCUT2D eigenvalue weighted by molar-refractivity contribution is 0.453. The van der Waals surface area contributed by atoms with Crippen molar-refractivity contribution in [2.75, 3.05) is 11.5 Å². The van der Waals surface area contributed by atoms with Crippen molar-refractivity contribution in [3.05, 3.63) is 17.7 Å². The molecule has 19 heavy (non-hydrogen) atoms. The Bertz CT molecular complexity index is 564. The number of imidazole rings is 1. The number of rotatable bonds is 2. The monoisotopic (exact) mass is 283 g/mol. The summed E-state index contributed by atoms with van der Waals surface area (Å²) < 4.78 is 25.4. The third-order valence-electron chi connectivity index (χ3n) is 4.13. The summed E-state index contributed by atoms with van der Waals surface area (Å²) in [4.78, 5) is 4.64. The second-order valence-electron chi connectivity index (χ2n) is 5.93. The summed E-state index contributed by atoms with van der Waals surface area (Å²) in [6, 6.07) is 0.226. The van der Waals surface area contributed by atoms with Crippen LogP contribution < -0.4 is 5.73 Å². The summed E-state index contributed by atoms with van der Waals surface area (Å²) in [6.45, 7) is 0.839. The number of fused-ring (bicyclic) bond motifs is 1. The average Bonchev–Trinajstić information content (AvgIpc) is 2.68. The Morgan fingerprint density at radius 2 is 2.26 bits per heavy atom. The number of hydrogen-bond acceptors (Lipinski definition) is 4. The molecule has 2 N–H and O–H groups in total. The van der Waals surface area contributed by atoms with E-state index in [2.05, 4.69) is 15.7 Å². The first-order valence-corrected chi connectivity index (χ1v) is 8.85. The highest BCUT2D eigenvalue weighted by atomic mass is 32.2. The molecule has 6 heteroatoms. The predicted molar refractivity (Wildman–Crippen MR) is 73.6 cm³/mol. The normalized spacial score (nSPS) is 29.9. The molecule has 0 amide bonds. The Balaban J connectivity index is 1.70. The number of aryl methyl sites for hydroxylation is 1. The molecular weight excluding hydrogens is 262 g/mol. The number of sulfone groups is 1. The van der Waals surface area contributed by atoms with Gasteiger partial charge < -0.3 is 10.3 Å². The standard InChI is InChI=1S/C13H21N3O2S/c14-11-3-4-13-15-12(8-16(13)7-11)6-10-2-1-5-19(17,18)9-10/h8,10-11H,1-7,9,14H2. The minimum atomic E-state index is -2.82. The van der Waals surface area contributed by atoms with E-state index in [4.69, 9.17) is 5.73 Å². The van der Waals surface area contributed by atoms with Crippen LogP contribution in [-0.2, 0) is 29.2 Å². The molecule has 0 aromatic carbocycles. The van der Waals surface area contributed by atoms with Gasteiger partial charge in [-0.05, 0) is 31.6 Å². The van der Waals surface area contributed by atoms with Crippen LogP contribution in [0, 0.1) is 5.92 Å². The van der Waals surface area contributed by atoms with Gasteiger partial charge in [0, 0.05) is 25.2 Å². The first kappa shape index (κ1) is 13.1. The summed E-state index contributed by atoms with van der Waals surface area (Å²) in [6.07, 6.45) is 6.58. The van der Waals surface area contributed by atoms with Crippen LogP contribution in [0.5, 0.6) is 0 Å². The molecule has 3 heterocycles. The van der Waals surface area contributed by atoms with Crippen molar-refractivity contribution < 1.29 is 8.42 Å². The van der Waals surface area contributed by atoms with Gasteiger partial charge in [0.1, 0.15) is 5.82 Å². The van der Waals surface area contributed by atoms with Crippen LogP contribution in [0.2, 0.25) is 0 Å². The van der Waals surface area contributed by atoms with Gasteiger partial charge in [0.25, 0.3) is 0 Å². The average molecular weight is 283 g/mol. The van der Waals surface area contributed by atoms with Gasteiger partial charge in [-0.1, -0.05) is 0 Å². The highest BCUT2D eigenvalue weighted by Gasteiger charge is 2.26. The molecule has 2 aliphatic rings. The van der Waals surface area contributed by atoms with Crippen LogP contribution in [0.3, 0.4) is 0 Å². The van der Waals surface area contributed by atoms with Gasteiger partial charge >= 0.3 is 0 Å². The van der Waals surface area contributed by atoms with Crippen molar-refractivity contribution in [3.8, 4) is 0 Å². The number of hydrogen-bond donors (Lipinski definition) is 1. The zero-order valence-corrected chi connectivity index (χ0v) is 11.9. The lowest BCUT2D eigenvalue weighted by Gasteiger charge is -2.20. The minimum Gasteiger partial charge on any atom is -0.333 e. The first-order valence-electron chi connectivity index (χ1n) is 7.03. The molecular formula is C13H21N3O2S. The van der Waals surface area contributed by atoms with Crippen molar-refractivity contribution in [3.63, 3.8) is 0 Å². The highest BCUT2D eigenvalue weighted by molar-refractivity contribution is 7.91. The van der Waals surface area contributed by atoms with E-state index in [9.17, 15) is 8.42 Å². The minimum absolute atomic E-state index is 0.226. The van der Waals surface area contributed by atoms with Crippen LogP contribution >= 0.6 is 0 Å². The smallest absolute Gasteiger partial charge is 0.150 e. The van der Waals surface area contributed by atoms with E-state index in [0.29, 0.717) is 11.5 Å². The molecule has 5 nitrogen and oxygen atoms in total. The quantitative estimate of drug-likeness (QED) is 0.858. The summed E-state index contributed by atoms with van der Waals surface area (Å²) in [7, 11) is -2.82. The first-order chi connectivity index (χ1) is 9.02. The Morgan fingerprint density at radius 1 is 1.42 bits per heavy atom. The van der Waals surface area contributed by atoms with Gasteiger partial charge in [-0.25, -0.2) is 13.4 Å². The van der Waals surface area contributed by atoms with E-state index in [1.807, 2.05) is 0 Å². The van der Waals surface area contributed by atoms with Crippen LogP contribution in [0.15, 0.2) is 6.20 Å². The largest absolute Gasteiger partial charge is 0.333 e. The molecule has 0 aliphatic carbocycles. The van der Waals surface area contributed by atoms with Crippen molar-refractivity contribution in [2.24, 2.45) is 11.7 Å². The molecule has 1 aromatic rings. The molecule has 106 valence electrons. The van der Waals surface area contributed by atoms with Crippen molar-refractivity contribution >= 4 is 9.84 Å². The molecule has 3 rings (SSSR count). The van der Waals surface area contributed by atoms with Crippen molar-refractivity contribution in [1.29, 1.82) is 0 Å². The summed E-state index contributed by atoms with van der Waals surface area (Å²) in [5, 5.41) is 0. The molecule has 0 bridgehead atoms. The summed E-state index contributed by atoms with van der Waals surface area (Å²) in [5.41, 5.74) is 6.98. The second kappa shape index (κ2) is 4.90. The predicted octanol–water partition coefficient (Wildman–Crippen LogP) is 0.524. The third kappa shape index (κ3) is 3.00. The number of nitrogens with two attached hydrogens (primary N) is 1. The molecule has 2 atom stereocenters. The van der Waals surface area contributed by atoms with Crippen LogP contribution in [-0.4, -0.2) is 35.5 Å². The molecule has 1 aromatic heterocycles. The maximum absolute atomic E-state index is 11.6. The summed E-state index contributed by atoms with van der Waals surface area (Å²) in [5.74, 6) is 2.03. The van der Waals surface area contributed by atoms with Crippen LogP contribution in [0.25, 0.3) is 0 Å². The zero-order chi connectivity index (χ0) is 13.5. The Labute approximate surface area is 114 Å². The Kier molecular flexibility index (Phi) is 3.39. The molecule has 0 spiro atoms. The van der Waals surface area contributed by atoms with E-state index in [1.54, 1.807) is 0 Å². The number of nitrogens with zero attached hydrogens (tertiary/aromatic N) is 2. The molecule has 1 saturated heterocycles. The lowest BCUT2D eigenvalue weighted by Crippen LogP contribution is -2.31. The van der Waals surface area contributed by atoms with Gasteiger partial charge in [-0.2, -0.15) is 0 Å². The number of aromatic nitrogens is 2. The topological polar surface area (TPSA) is 78.0 Å². The maximum Gasteiger partial charge on any atom is 0.150 e. The molecule has 0 saturated carbocycles. The summed E-state index contributed by atoms with van der Waals surface area (Å²) >= 11 is 0. The van der Waals surface area contributed by atoms with E-state index in [-0.39, 0.29) is 12.0 Å². The second-order valence-corrected chi connectivity index (χ2v) is 8.16. The molecule has 1 fully saturated rings. The van der Waals surface area contributed by atoms with Gasteiger partial charge in [0.05, 0.1) is 17.2 Å². The molecule has 2 unspecified atom stereocenters. The highest BCUT2D eigenvalue weighted by Crippen LogP contribution is 2.23. The van der Waals surface area contributed by atoms with Gasteiger partial charge in [-0.3, -0.25) is 0 Å². The fraction of sp³-hybridized carbons (Fsp3) is 0.769. The van der Waals surface area contributed by atoms with Gasteiger partial charge in [0.15, 0.2) is 9.84 Å². The van der Waals surface area contributed by atoms with E-state index >= 15 is 0 Å². The fourth-order valence-corrected chi connectivity index (χ4v) is 4.98. The van der Waals surface area contributed by atoms with Crippen LogP contribution in [0.1, 0.15) is 30.8 Å². The van der Waals surface area contributed by atoms with Crippen LogP contribution in [0.4, 0.5) is 0 Å². The van der Waals surface area contributed by atoms with Crippen molar-refractivity contribution in [2.45, 2.75) is 44.7 Å². The Morgan fingerprint density at radius 3 is 3.05 bits per heavy atom. The van der Waals surface area contributed by atoms with E-state index < -0.39 is 9.84 Å². The molecule has 0 radical (unpaired) electrons. The fourth-order valence-electron chi connectivity index (χ4n) is 3.20. The lowest BCUT2D eigenvalue weighted by atomic mass is 10.00. The molecule has 2 aliphatic heterocycles. The SMILES string of the molecule is NC1CCc2nc(CC3CCCS(=O)(=O)C3)cn2C1. The Hall–Kier alpha value is -0.880. The maximum atomic E-state index is 11.6. The van der Waals surface area contributed by atoms with Gasteiger partial charge in [0.2, 0.25) is 0 Å².